The summed E-state index contributed by atoms with van der Waals surface area (Å²) in [7, 11) is 0. The third kappa shape index (κ3) is 3.82. The monoisotopic (exact) mass is 397 g/mol. The lowest BCUT2D eigenvalue weighted by Gasteiger charge is -2.38. The van der Waals surface area contributed by atoms with E-state index in [0.29, 0.717) is 38.2 Å². The molecule has 1 fully saturated rings. The van der Waals surface area contributed by atoms with Crippen molar-refractivity contribution >= 4 is 17.7 Å². The van der Waals surface area contributed by atoms with Crippen LogP contribution >= 0.6 is 0 Å². The van der Waals surface area contributed by atoms with Crippen LogP contribution in [-0.4, -0.2) is 65.7 Å². The first-order chi connectivity index (χ1) is 13.9. The van der Waals surface area contributed by atoms with Gasteiger partial charge in [-0.2, -0.15) is 0 Å². The lowest BCUT2D eigenvalue weighted by Crippen LogP contribution is -2.55. The summed E-state index contributed by atoms with van der Waals surface area (Å²) in [6.07, 6.45) is -0.289. The first-order valence-electron chi connectivity index (χ1n) is 9.84. The van der Waals surface area contributed by atoms with Crippen molar-refractivity contribution in [3.05, 3.63) is 53.8 Å². The average molecular weight is 397 g/mol. The summed E-state index contributed by atoms with van der Waals surface area (Å²) in [5.74, 6) is -0.312. The first-order valence-corrected chi connectivity index (χ1v) is 9.84. The van der Waals surface area contributed by atoms with Crippen LogP contribution in [0, 0.1) is 5.82 Å². The van der Waals surface area contributed by atoms with E-state index < -0.39 is 6.09 Å². The number of benzene rings is 2. The first kappa shape index (κ1) is 19.4. The molecule has 6 nitrogen and oxygen atoms in total. The molecule has 2 aliphatic heterocycles. The molecule has 1 N–H and O–H groups in total. The molecule has 0 saturated carbocycles. The van der Waals surface area contributed by atoms with Crippen LogP contribution in [-0.2, 0) is 11.2 Å². The van der Waals surface area contributed by atoms with Gasteiger partial charge in [0.15, 0.2) is 0 Å². The minimum atomic E-state index is -0.924. The van der Waals surface area contributed by atoms with Crippen LogP contribution in [0.3, 0.4) is 0 Å². The van der Waals surface area contributed by atoms with Crippen LogP contribution in [0.25, 0.3) is 11.1 Å². The Balaban J connectivity index is 1.51. The molecule has 0 aliphatic carbocycles. The van der Waals surface area contributed by atoms with Crippen molar-refractivity contribution in [2.24, 2.45) is 0 Å². The lowest BCUT2D eigenvalue weighted by atomic mass is 10.0. The Morgan fingerprint density at radius 3 is 2.59 bits per heavy atom. The van der Waals surface area contributed by atoms with Gasteiger partial charge in [0.05, 0.1) is 6.54 Å². The van der Waals surface area contributed by atoms with Crippen LogP contribution in [0.4, 0.5) is 14.9 Å². The van der Waals surface area contributed by atoms with E-state index in [9.17, 15) is 19.1 Å². The van der Waals surface area contributed by atoms with E-state index in [1.807, 2.05) is 42.2 Å². The van der Waals surface area contributed by atoms with E-state index in [1.54, 1.807) is 17.0 Å². The Hall–Kier alpha value is -2.93. The molecule has 4 rings (SSSR count). The minimum Gasteiger partial charge on any atom is -0.465 e. The molecule has 2 aromatic rings. The number of rotatable bonds is 3. The van der Waals surface area contributed by atoms with E-state index in [1.165, 1.54) is 4.90 Å². The van der Waals surface area contributed by atoms with Gasteiger partial charge in [0.25, 0.3) is 0 Å². The fraction of sp³-hybridized carbons (Fsp3) is 0.364. The molecule has 0 spiro atoms. The summed E-state index contributed by atoms with van der Waals surface area (Å²) < 4.78 is 14.6. The maximum absolute atomic E-state index is 14.6. The van der Waals surface area contributed by atoms with Gasteiger partial charge in [0.2, 0.25) is 5.91 Å². The molecule has 0 aromatic heterocycles. The summed E-state index contributed by atoms with van der Waals surface area (Å²) >= 11 is 0. The molecule has 2 heterocycles. The average Bonchev–Trinajstić information content (AvgIpc) is 3.10. The molecule has 7 heteroatoms. The van der Waals surface area contributed by atoms with Crippen molar-refractivity contribution in [1.29, 1.82) is 0 Å². The topological polar surface area (TPSA) is 64.1 Å². The SMILES string of the molecule is CC1CN(CC(=O)N2CCc3cc(F)c(-c4ccccc4)cc32)CCN1C(=O)O. The smallest absolute Gasteiger partial charge is 0.407 e. The van der Waals surface area contributed by atoms with Crippen molar-refractivity contribution in [3.8, 4) is 11.1 Å². The van der Waals surface area contributed by atoms with Gasteiger partial charge in [-0.1, -0.05) is 30.3 Å². The van der Waals surface area contributed by atoms with Crippen LogP contribution in [0.5, 0.6) is 0 Å². The van der Waals surface area contributed by atoms with E-state index >= 15 is 0 Å². The molecule has 0 radical (unpaired) electrons. The Morgan fingerprint density at radius 2 is 1.90 bits per heavy atom. The number of hydrogen-bond donors (Lipinski definition) is 1. The summed E-state index contributed by atoms with van der Waals surface area (Å²) in [4.78, 5) is 29.3. The highest BCUT2D eigenvalue weighted by Gasteiger charge is 2.31. The minimum absolute atomic E-state index is 0.0367. The molecule has 1 unspecified atom stereocenters. The van der Waals surface area contributed by atoms with E-state index in [-0.39, 0.29) is 24.3 Å². The number of halogens is 1. The Bertz CT molecular complexity index is 934. The molecule has 0 bridgehead atoms. The number of anilines is 1. The molecule has 2 aliphatic rings. The molecular formula is C22H24FN3O3. The second-order valence-electron chi connectivity index (χ2n) is 7.68. The van der Waals surface area contributed by atoms with Gasteiger partial charge in [-0.3, -0.25) is 9.69 Å². The highest BCUT2D eigenvalue weighted by Crippen LogP contribution is 2.35. The molecule has 152 valence electrons. The molecule has 1 saturated heterocycles. The molecule has 29 heavy (non-hydrogen) atoms. The van der Waals surface area contributed by atoms with Gasteiger partial charge in [-0.05, 0) is 36.6 Å². The van der Waals surface area contributed by atoms with Gasteiger partial charge in [-0.15, -0.1) is 0 Å². The summed E-state index contributed by atoms with van der Waals surface area (Å²) in [5.41, 5.74) is 2.89. The molecule has 1 atom stereocenters. The maximum atomic E-state index is 14.6. The number of carbonyl (C=O) groups excluding carboxylic acids is 1. The third-order valence-electron chi connectivity index (χ3n) is 5.77. The van der Waals surface area contributed by atoms with Crippen LogP contribution < -0.4 is 4.90 Å². The number of nitrogens with zero attached hydrogens (tertiary/aromatic N) is 3. The zero-order valence-corrected chi connectivity index (χ0v) is 16.3. The van der Waals surface area contributed by atoms with Gasteiger partial charge < -0.3 is 14.9 Å². The lowest BCUT2D eigenvalue weighted by molar-refractivity contribution is -0.120. The predicted molar refractivity (Wildman–Crippen MR) is 109 cm³/mol. The number of piperazine rings is 1. The summed E-state index contributed by atoms with van der Waals surface area (Å²) in [6, 6.07) is 12.5. The quantitative estimate of drug-likeness (QED) is 0.865. The van der Waals surface area contributed by atoms with Gasteiger partial charge in [0.1, 0.15) is 5.82 Å². The van der Waals surface area contributed by atoms with Crippen molar-refractivity contribution in [1.82, 2.24) is 9.80 Å². The van der Waals surface area contributed by atoms with Gasteiger partial charge >= 0.3 is 6.09 Å². The van der Waals surface area contributed by atoms with Crippen molar-refractivity contribution in [2.45, 2.75) is 19.4 Å². The number of amides is 2. The van der Waals surface area contributed by atoms with E-state index in [2.05, 4.69) is 0 Å². The van der Waals surface area contributed by atoms with E-state index in [0.717, 1.165) is 16.8 Å². The number of hydrogen-bond acceptors (Lipinski definition) is 3. The summed E-state index contributed by atoms with van der Waals surface area (Å²) in [5, 5.41) is 9.20. The zero-order valence-electron chi connectivity index (χ0n) is 16.3. The Morgan fingerprint density at radius 1 is 1.14 bits per heavy atom. The van der Waals surface area contributed by atoms with Crippen molar-refractivity contribution < 1.29 is 19.1 Å². The predicted octanol–water partition coefficient (Wildman–Crippen LogP) is 3.07. The fourth-order valence-corrected chi connectivity index (χ4v) is 4.24. The van der Waals surface area contributed by atoms with Crippen LogP contribution in [0.15, 0.2) is 42.5 Å². The van der Waals surface area contributed by atoms with Crippen molar-refractivity contribution in [3.63, 3.8) is 0 Å². The summed E-state index contributed by atoms with van der Waals surface area (Å²) in [6.45, 7) is 4.07. The third-order valence-corrected chi connectivity index (χ3v) is 5.77. The number of carboxylic acid groups (broad SMARTS) is 1. The Labute approximate surface area is 169 Å². The highest BCUT2D eigenvalue weighted by molar-refractivity contribution is 5.97. The van der Waals surface area contributed by atoms with Crippen LogP contribution in [0.1, 0.15) is 12.5 Å². The normalized spacial score (nSPS) is 19.3. The largest absolute Gasteiger partial charge is 0.465 e. The number of fused-ring (bicyclic) bond motifs is 1. The van der Waals surface area contributed by atoms with Gasteiger partial charge in [0, 0.05) is 43.5 Å². The molecule has 2 aromatic carbocycles. The maximum Gasteiger partial charge on any atom is 0.407 e. The molecule has 2 amide bonds. The molecular weight excluding hydrogens is 373 g/mol. The van der Waals surface area contributed by atoms with Crippen LogP contribution in [0.2, 0.25) is 0 Å². The Kier molecular flexibility index (Phi) is 5.24. The van der Waals surface area contributed by atoms with Crippen molar-refractivity contribution in [2.75, 3.05) is 37.6 Å². The second kappa shape index (κ2) is 7.83. The second-order valence-corrected chi connectivity index (χ2v) is 7.68. The van der Waals surface area contributed by atoms with Gasteiger partial charge in [-0.25, -0.2) is 9.18 Å². The van der Waals surface area contributed by atoms with E-state index in [4.69, 9.17) is 0 Å². The highest BCUT2D eigenvalue weighted by atomic mass is 19.1. The zero-order chi connectivity index (χ0) is 20.5. The fourth-order valence-electron chi connectivity index (χ4n) is 4.24. The number of carbonyl (C=O) groups is 2. The standard InChI is InChI=1S/C22H24FN3O3/c1-15-13-24(9-10-25(15)22(28)29)14-21(27)26-8-7-17-11-19(23)18(12-20(17)26)16-5-3-2-4-6-16/h2-6,11-12,15H,7-10,13-14H2,1H3,(H,28,29).